The van der Waals surface area contributed by atoms with Crippen LogP contribution >= 0.6 is 0 Å². The first-order valence-electron chi connectivity index (χ1n) is 5.79. The molecule has 0 aliphatic rings. The molecule has 10 heteroatoms. The molecule has 0 aromatic heterocycles. The number of hydrogen-bond acceptors (Lipinski definition) is 10. The second kappa shape index (κ2) is 4.94. The highest BCUT2D eigenvalue weighted by molar-refractivity contribution is 6.17. The van der Waals surface area contributed by atoms with E-state index in [1.54, 1.807) is 0 Å². The average molecular weight is 326 g/mol. The lowest BCUT2D eigenvalue weighted by Gasteiger charge is -2.13. The molecule has 0 aliphatic heterocycles. The maximum atomic E-state index is 12.3. The van der Waals surface area contributed by atoms with Crippen LogP contribution in [0.3, 0.4) is 0 Å². The molecule has 0 amide bonds. The number of phenols is 9. The zero-order valence-corrected chi connectivity index (χ0v) is 11.0. The van der Waals surface area contributed by atoms with Crippen LogP contribution in [-0.2, 0) is 0 Å². The second-order valence-electron chi connectivity index (χ2n) is 4.43. The molecule has 2 aromatic rings. The summed E-state index contributed by atoms with van der Waals surface area (Å²) in [5.74, 6) is -12.7. The van der Waals surface area contributed by atoms with E-state index in [2.05, 4.69) is 0 Å². The molecule has 0 heterocycles. The van der Waals surface area contributed by atoms with Crippen LogP contribution in [0.1, 0.15) is 15.9 Å². The van der Waals surface area contributed by atoms with Gasteiger partial charge in [0.05, 0.1) is 0 Å². The first-order chi connectivity index (χ1) is 10.6. The van der Waals surface area contributed by atoms with E-state index < -0.39 is 68.7 Å². The molecule has 0 spiro atoms. The molecule has 122 valence electrons. The van der Waals surface area contributed by atoms with E-state index in [4.69, 9.17) is 0 Å². The van der Waals surface area contributed by atoms with Crippen LogP contribution in [0.2, 0.25) is 0 Å². The van der Waals surface area contributed by atoms with Gasteiger partial charge in [-0.25, -0.2) is 0 Å². The number of aromatic hydroxyl groups is 9. The van der Waals surface area contributed by atoms with Gasteiger partial charge in [0, 0.05) is 6.07 Å². The van der Waals surface area contributed by atoms with Crippen molar-refractivity contribution in [2.24, 2.45) is 0 Å². The van der Waals surface area contributed by atoms with Gasteiger partial charge in [0.1, 0.15) is 16.9 Å². The Kier molecular flexibility index (Phi) is 3.37. The average Bonchev–Trinajstić information content (AvgIpc) is 2.49. The van der Waals surface area contributed by atoms with Crippen molar-refractivity contribution in [3.8, 4) is 51.7 Å². The van der Waals surface area contributed by atoms with Gasteiger partial charge in [0.15, 0.2) is 23.0 Å². The van der Waals surface area contributed by atoms with Gasteiger partial charge in [-0.1, -0.05) is 0 Å². The lowest BCUT2D eigenvalue weighted by atomic mass is 9.97. The van der Waals surface area contributed by atoms with Crippen LogP contribution in [0.5, 0.6) is 51.7 Å². The highest BCUT2D eigenvalue weighted by Gasteiger charge is 2.32. The van der Waals surface area contributed by atoms with Gasteiger partial charge in [0.2, 0.25) is 28.8 Å². The van der Waals surface area contributed by atoms with Gasteiger partial charge in [-0.2, -0.15) is 0 Å². The highest BCUT2D eigenvalue weighted by atomic mass is 16.4. The molecule has 10 nitrogen and oxygen atoms in total. The SMILES string of the molecule is O=C(c1c(O)cc(O)c(O)c1O)c1c(O)c(O)c(O)c(O)c1O. The lowest BCUT2D eigenvalue weighted by molar-refractivity contribution is 0.102. The summed E-state index contributed by atoms with van der Waals surface area (Å²) < 4.78 is 0. The summed E-state index contributed by atoms with van der Waals surface area (Å²) in [6.07, 6.45) is 0. The summed E-state index contributed by atoms with van der Waals surface area (Å²) in [4.78, 5) is 12.3. The normalized spacial score (nSPS) is 10.6. The summed E-state index contributed by atoms with van der Waals surface area (Å²) in [5.41, 5.74) is -2.22. The largest absolute Gasteiger partial charge is 0.507 e. The summed E-state index contributed by atoms with van der Waals surface area (Å²) >= 11 is 0. The van der Waals surface area contributed by atoms with Gasteiger partial charge in [-0.05, 0) is 0 Å². The molecule has 0 fully saturated rings. The van der Waals surface area contributed by atoms with Crippen molar-refractivity contribution in [2.45, 2.75) is 0 Å². The summed E-state index contributed by atoms with van der Waals surface area (Å²) in [6.45, 7) is 0. The van der Waals surface area contributed by atoms with Gasteiger partial charge >= 0.3 is 0 Å². The molecular weight excluding hydrogens is 316 g/mol. The first kappa shape index (κ1) is 15.7. The third-order valence-corrected chi connectivity index (χ3v) is 3.06. The molecule has 0 bridgehead atoms. The predicted octanol–water partition coefficient (Wildman–Crippen LogP) is 0.268. The fourth-order valence-electron chi connectivity index (χ4n) is 1.88. The fourth-order valence-corrected chi connectivity index (χ4v) is 1.88. The van der Waals surface area contributed by atoms with E-state index in [0.29, 0.717) is 6.07 Å². The van der Waals surface area contributed by atoms with Gasteiger partial charge in [-0.15, -0.1) is 0 Å². The van der Waals surface area contributed by atoms with E-state index in [-0.39, 0.29) is 0 Å². The highest BCUT2D eigenvalue weighted by Crippen LogP contribution is 2.53. The van der Waals surface area contributed by atoms with E-state index in [9.17, 15) is 50.8 Å². The molecular formula is C13H10O10. The minimum absolute atomic E-state index is 0.497. The molecule has 2 rings (SSSR count). The van der Waals surface area contributed by atoms with Crippen LogP contribution in [0, 0.1) is 0 Å². The Morgan fingerprint density at radius 2 is 0.913 bits per heavy atom. The number of rotatable bonds is 2. The van der Waals surface area contributed by atoms with Crippen molar-refractivity contribution in [1.29, 1.82) is 0 Å². The van der Waals surface area contributed by atoms with Crippen molar-refractivity contribution >= 4 is 5.78 Å². The van der Waals surface area contributed by atoms with Crippen molar-refractivity contribution < 1.29 is 50.8 Å². The number of phenolic OH excluding ortho intramolecular Hbond substituents is 9. The lowest BCUT2D eigenvalue weighted by Crippen LogP contribution is -2.04. The molecule has 0 radical (unpaired) electrons. The number of benzene rings is 2. The van der Waals surface area contributed by atoms with Crippen LogP contribution < -0.4 is 0 Å². The standard InChI is InChI=1S/C13H10O10/c14-2-1-3(15)6(16)8(18)4(2)7(17)5-9(19)11(21)13(23)12(22)10(5)20/h1,14-16,18-23H. The van der Waals surface area contributed by atoms with Crippen LogP contribution in [-0.4, -0.2) is 51.7 Å². The third kappa shape index (κ3) is 2.09. The second-order valence-corrected chi connectivity index (χ2v) is 4.43. The number of ketones is 1. The Morgan fingerprint density at radius 1 is 0.522 bits per heavy atom. The Morgan fingerprint density at radius 3 is 1.39 bits per heavy atom. The molecule has 0 saturated heterocycles. The molecule has 0 unspecified atom stereocenters. The predicted molar refractivity (Wildman–Crippen MR) is 71.3 cm³/mol. The van der Waals surface area contributed by atoms with Crippen LogP contribution in [0.25, 0.3) is 0 Å². The monoisotopic (exact) mass is 326 g/mol. The van der Waals surface area contributed by atoms with Gasteiger partial charge < -0.3 is 46.0 Å². The Balaban J connectivity index is 2.81. The first-order valence-corrected chi connectivity index (χ1v) is 5.79. The van der Waals surface area contributed by atoms with Crippen molar-refractivity contribution in [2.75, 3.05) is 0 Å². The molecule has 0 atom stereocenters. The quantitative estimate of drug-likeness (QED) is 0.209. The van der Waals surface area contributed by atoms with Crippen LogP contribution in [0.4, 0.5) is 0 Å². The Hall–Kier alpha value is -3.69. The van der Waals surface area contributed by atoms with Crippen molar-refractivity contribution in [1.82, 2.24) is 0 Å². The van der Waals surface area contributed by atoms with Crippen molar-refractivity contribution in [3.05, 3.63) is 17.2 Å². The van der Waals surface area contributed by atoms with Crippen molar-refractivity contribution in [3.63, 3.8) is 0 Å². The zero-order chi connectivity index (χ0) is 17.6. The summed E-state index contributed by atoms with van der Waals surface area (Å²) in [5, 5.41) is 85.1. The Labute approximate surface area is 126 Å². The van der Waals surface area contributed by atoms with E-state index in [0.717, 1.165) is 0 Å². The van der Waals surface area contributed by atoms with Gasteiger partial charge in [0.25, 0.3) is 0 Å². The van der Waals surface area contributed by atoms with E-state index in [1.165, 1.54) is 0 Å². The fraction of sp³-hybridized carbons (Fsp3) is 0. The molecule has 0 aliphatic carbocycles. The minimum Gasteiger partial charge on any atom is -0.507 e. The summed E-state index contributed by atoms with van der Waals surface area (Å²) in [7, 11) is 0. The third-order valence-electron chi connectivity index (χ3n) is 3.06. The maximum absolute atomic E-state index is 12.3. The Bertz CT molecular complexity index is 811. The maximum Gasteiger partial charge on any atom is 0.208 e. The molecule has 9 N–H and O–H groups in total. The molecule has 23 heavy (non-hydrogen) atoms. The number of hydrogen-bond donors (Lipinski definition) is 9. The van der Waals surface area contributed by atoms with E-state index in [1.807, 2.05) is 0 Å². The van der Waals surface area contributed by atoms with Gasteiger partial charge in [-0.3, -0.25) is 4.79 Å². The van der Waals surface area contributed by atoms with Crippen LogP contribution in [0.15, 0.2) is 6.07 Å². The molecule has 2 aromatic carbocycles. The topological polar surface area (TPSA) is 199 Å². The molecule has 0 saturated carbocycles. The minimum atomic E-state index is -1.53. The number of carbonyl (C=O) groups excluding carboxylic acids is 1. The smallest absolute Gasteiger partial charge is 0.208 e. The summed E-state index contributed by atoms with van der Waals surface area (Å²) in [6, 6.07) is 0.497. The van der Waals surface area contributed by atoms with E-state index >= 15 is 0 Å². The number of carbonyl (C=O) groups is 1. The zero-order valence-electron chi connectivity index (χ0n) is 11.0.